The minimum Gasteiger partial charge on any atom is -0.497 e. The molecule has 2 aromatic heterocycles. The summed E-state index contributed by atoms with van der Waals surface area (Å²) in [5.74, 6) is 0.800. The van der Waals surface area contributed by atoms with Crippen molar-refractivity contribution in [3.63, 3.8) is 0 Å². The zero-order valence-electron chi connectivity index (χ0n) is 15.8. The quantitative estimate of drug-likeness (QED) is 0.417. The normalized spacial score (nSPS) is 11.4. The van der Waals surface area contributed by atoms with E-state index in [1.54, 1.807) is 19.4 Å². The Bertz CT molecular complexity index is 1180. The first-order valence-electron chi connectivity index (χ1n) is 9.24. The number of hydrogen-bond donors (Lipinski definition) is 0. The van der Waals surface area contributed by atoms with Crippen molar-refractivity contribution in [2.45, 2.75) is 33.1 Å². The van der Waals surface area contributed by atoms with Crippen molar-refractivity contribution in [1.29, 1.82) is 0 Å². The van der Waals surface area contributed by atoms with E-state index in [0.717, 1.165) is 63.6 Å². The number of furan rings is 1. The highest BCUT2D eigenvalue weighted by Crippen LogP contribution is 2.37. The van der Waals surface area contributed by atoms with Gasteiger partial charge in [0.25, 0.3) is 0 Å². The van der Waals surface area contributed by atoms with Crippen LogP contribution in [0.3, 0.4) is 0 Å². The van der Waals surface area contributed by atoms with Gasteiger partial charge in [-0.25, -0.2) is 4.79 Å². The minimum atomic E-state index is -0.310. The van der Waals surface area contributed by atoms with Crippen molar-refractivity contribution in [3.05, 3.63) is 64.2 Å². The summed E-state index contributed by atoms with van der Waals surface area (Å²) in [6.07, 6.45) is 4.72. The van der Waals surface area contributed by atoms with Gasteiger partial charge < -0.3 is 13.6 Å². The fourth-order valence-corrected chi connectivity index (χ4v) is 3.62. The van der Waals surface area contributed by atoms with Crippen molar-refractivity contribution in [2.24, 2.45) is 0 Å². The van der Waals surface area contributed by atoms with Crippen molar-refractivity contribution in [2.75, 3.05) is 7.11 Å². The standard InChI is InChI=1S/C23H22O4/c1-4-5-7-16-11-21(24)27-23-14(2)22-19(12-18(16)23)20(13-26-22)15-8-6-9-17(10-15)25-3/h6,8-13H,4-5,7H2,1-3H3. The second-order valence-electron chi connectivity index (χ2n) is 6.83. The van der Waals surface area contributed by atoms with Gasteiger partial charge in [0.15, 0.2) is 0 Å². The maximum Gasteiger partial charge on any atom is 0.336 e. The van der Waals surface area contributed by atoms with Gasteiger partial charge in [-0.1, -0.05) is 25.5 Å². The second kappa shape index (κ2) is 6.95. The van der Waals surface area contributed by atoms with Gasteiger partial charge in [0, 0.05) is 28.0 Å². The van der Waals surface area contributed by atoms with Crippen LogP contribution in [0.4, 0.5) is 0 Å². The molecule has 0 aliphatic rings. The Morgan fingerprint density at radius 2 is 1.93 bits per heavy atom. The first-order chi connectivity index (χ1) is 13.1. The van der Waals surface area contributed by atoms with E-state index in [0.29, 0.717) is 5.58 Å². The third-order valence-electron chi connectivity index (χ3n) is 5.07. The molecule has 4 aromatic rings. The van der Waals surface area contributed by atoms with Crippen molar-refractivity contribution in [3.8, 4) is 16.9 Å². The summed E-state index contributed by atoms with van der Waals surface area (Å²) >= 11 is 0. The third-order valence-corrected chi connectivity index (χ3v) is 5.07. The summed E-state index contributed by atoms with van der Waals surface area (Å²) in [6, 6.07) is 11.6. The van der Waals surface area contributed by atoms with E-state index in [1.807, 2.05) is 31.2 Å². The van der Waals surface area contributed by atoms with E-state index >= 15 is 0 Å². The fraction of sp³-hybridized carbons (Fsp3) is 0.261. The van der Waals surface area contributed by atoms with Gasteiger partial charge in [0.2, 0.25) is 0 Å². The molecule has 0 aliphatic carbocycles. The molecule has 4 nitrogen and oxygen atoms in total. The molecule has 27 heavy (non-hydrogen) atoms. The smallest absolute Gasteiger partial charge is 0.336 e. The van der Waals surface area contributed by atoms with Crippen LogP contribution in [0, 0.1) is 6.92 Å². The summed E-state index contributed by atoms with van der Waals surface area (Å²) in [4.78, 5) is 12.0. The predicted octanol–water partition coefficient (Wildman–Crippen LogP) is 5.87. The number of fused-ring (bicyclic) bond motifs is 2. The van der Waals surface area contributed by atoms with Gasteiger partial charge in [-0.15, -0.1) is 0 Å². The van der Waals surface area contributed by atoms with E-state index in [-0.39, 0.29) is 5.63 Å². The molecule has 0 unspecified atom stereocenters. The Hall–Kier alpha value is -3.01. The van der Waals surface area contributed by atoms with Gasteiger partial charge in [0.1, 0.15) is 16.9 Å². The maximum atomic E-state index is 12.0. The Balaban J connectivity index is 2.00. The van der Waals surface area contributed by atoms with Gasteiger partial charge in [-0.2, -0.15) is 0 Å². The Labute approximate surface area is 157 Å². The zero-order chi connectivity index (χ0) is 19.0. The van der Waals surface area contributed by atoms with Crippen molar-refractivity contribution in [1.82, 2.24) is 0 Å². The number of ether oxygens (including phenoxy) is 1. The van der Waals surface area contributed by atoms with Crippen LogP contribution in [0.15, 0.2) is 56.3 Å². The lowest BCUT2D eigenvalue weighted by Gasteiger charge is -2.08. The van der Waals surface area contributed by atoms with E-state index in [9.17, 15) is 4.79 Å². The lowest BCUT2D eigenvalue weighted by molar-refractivity contribution is 0.415. The molecule has 0 fully saturated rings. The van der Waals surface area contributed by atoms with E-state index in [4.69, 9.17) is 13.6 Å². The van der Waals surface area contributed by atoms with Gasteiger partial charge in [0.05, 0.1) is 13.4 Å². The zero-order valence-corrected chi connectivity index (χ0v) is 15.8. The third kappa shape index (κ3) is 3.01. The fourth-order valence-electron chi connectivity index (χ4n) is 3.62. The molecule has 0 saturated heterocycles. The lowest BCUT2D eigenvalue weighted by Crippen LogP contribution is -2.02. The first-order valence-corrected chi connectivity index (χ1v) is 9.24. The second-order valence-corrected chi connectivity index (χ2v) is 6.83. The number of methoxy groups -OCH3 is 1. The predicted molar refractivity (Wildman–Crippen MR) is 108 cm³/mol. The summed E-state index contributed by atoms with van der Waals surface area (Å²) < 4.78 is 16.8. The van der Waals surface area contributed by atoms with Crippen LogP contribution in [-0.4, -0.2) is 7.11 Å². The molecule has 4 rings (SSSR count). The monoisotopic (exact) mass is 362 g/mol. The molecular weight excluding hydrogens is 340 g/mol. The summed E-state index contributed by atoms with van der Waals surface area (Å²) in [7, 11) is 1.66. The van der Waals surface area contributed by atoms with Crippen LogP contribution >= 0.6 is 0 Å². The van der Waals surface area contributed by atoms with Crippen LogP contribution in [0.1, 0.15) is 30.9 Å². The largest absolute Gasteiger partial charge is 0.497 e. The summed E-state index contributed by atoms with van der Waals surface area (Å²) in [5.41, 5.74) is 4.97. The molecule has 2 heterocycles. The Kier molecular flexibility index (Phi) is 4.48. The average Bonchev–Trinajstić information content (AvgIpc) is 3.11. The molecule has 0 atom stereocenters. The van der Waals surface area contributed by atoms with Crippen LogP contribution in [0.2, 0.25) is 0 Å². The molecule has 0 radical (unpaired) electrons. The van der Waals surface area contributed by atoms with Crippen molar-refractivity contribution < 1.29 is 13.6 Å². The number of rotatable bonds is 5. The Morgan fingerprint density at radius 3 is 2.70 bits per heavy atom. The van der Waals surface area contributed by atoms with E-state index in [1.165, 1.54) is 0 Å². The van der Waals surface area contributed by atoms with Crippen LogP contribution in [-0.2, 0) is 6.42 Å². The van der Waals surface area contributed by atoms with E-state index in [2.05, 4.69) is 13.0 Å². The first kappa shape index (κ1) is 17.4. The Morgan fingerprint density at radius 1 is 1.07 bits per heavy atom. The van der Waals surface area contributed by atoms with Crippen LogP contribution in [0.5, 0.6) is 5.75 Å². The topological polar surface area (TPSA) is 52.6 Å². The molecule has 4 heteroatoms. The highest BCUT2D eigenvalue weighted by molar-refractivity contribution is 6.04. The maximum absolute atomic E-state index is 12.0. The SMILES string of the molecule is CCCCc1cc(=O)oc2c(C)c3occ(-c4cccc(OC)c4)c3cc12. The van der Waals surface area contributed by atoms with Crippen LogP contribution in [0.25, 0.3) is 33.1 Å². The minimum absolute atomic E-state index is 0.310. The number of benzene rings is 2. The molecule has 0 saturated carbocycles. The molecule has 0 aliphatic heterocycles. The highest BCUT2D eigenvalue weighted by atomic mass is 16.5. The molecule has 0 spiro atoms. The highest BCUT2D eigenvalue weighted by Gasteiger charge is 2.17. The number of aryl methyl sites for hydroxylation is 2. The van der Waals surface area contributed by atoms with E-state index < -0.39 is 0 Å². The van der Waals surface area contributed by atoms with Gasteiger partial charge >= 0.3 is 5.63 Å². The molecule has 0 amide bonds. The number of hydrogen-bond acceptors (Lipinski definition) is 4. The van der Waals surface area contributed by atoms with Gasteiger partial charge in [-0.05, 0) is 49.1 Å². The number of unbranched alkanes of at least 4 members (excludes halogenated alkanes) is 1. The van der Waals surface area contributed by atoms with Gasteiger partial charge in [-0.3, -0.25) is 0 Å². The lowest BCUT2D eigenvalue weighted by atomic mass is 9.97. The average molecular weight is 362 g/mol. The van der Waals surface area contributed by atoms with Crippen molar-refractivity contribution >= 4 is 21.9 Å². The summed E-state index contributed by atoms with van der Waals surface area (Å²) in [6.45, 7) is 4.09. The molecule has 2 aromatic carbocycles. The van der Waals surface area contributed by atoms with Crippen LogP contribution < -0.4 is 10.4 Å². The molecule has 0 bridgehead atoms. The summed E-state index contributed by atoms with van der Waals surface area (Å²) in [5, 5.41) is 2.00. The molecular formula is C23H22O4. The molecule has 138 valence electrons. The molecule has 0 N–H and O–H groups in total.